The fourth-order valence-corrected chi connectivity index (χ4v) is 2.38. The summed E-state index contributed by atoms with van der Waals surface area (Å²) < 4.78 is 2.17. The van der Waals surface area contributed by atoms with E-state index in [1.54, 1.807) is 0 Å². The number of amides is 1. The van der Waals surface area contributed by atoms with Crippen LogP contribution in [0.5, 0.6) is 0 Å². The van der Waals surface area contributed by atoms with Gasteiger partial charge in [-0.2, -0.15) is 0 Å². The molecule has 1 aromatic rings. The van der Waals surface area contributed by atoms with E-state index in [9.17, 15) is 4.79 Å². The monoisotopic (exact) mass is 249 g/mol. The van der Waals surface area contributed by atoms with Gasteiger partial charge in [0.1, 0.15) is 0 Å². The Morgan fingerprint density at radius 3 is 2.94 bits per heavy atom. The number of aromatic nitrogens is 1. The molecule has 4 heteroatoms. The van der Waals surface area contributed by atoms with Gasteiger partial charge in [-0.1, -0.05) is 0 Å². The van der Waals surface area contributed by atoms with Crippen LogP contribution < -0.4 is 5.32 Å². The summed E-state index contributed by atoms with van der Waals surface area (Å²) in [6, 6.07) is 2.49. The van der Waals surface area contributed by atoms with Crippen molar-refractivity contribution >= 4 is 5.91 Å². The van der Waals surface area contributed by atoms with Crippen molar-refractivity contribution < 1.29 is 4.79 Å². The minimum atomic E-state index is 0.306. The molecule has 4 nitrogen and oxygen atoms in total. The van der Waals surface area contributed by atoms with E-state index < -0.39 is 0 Å². The van der Waals surface area contributed by atoms with Crippen LogP contribution in [0.1, 0.15) is 32.3 Å². The number of likely N-dealkylation sites (tertiary alicyclic amines) is 1. The second kappa shape index (κ2) is 6.05. The number of rotatable bonds is 6. The van der Waals surface area contributed by atoms with Crippen molar-refractivity contribution in [1.82, 2.24) is 14.8 Å². The molecule has 0 aromatic carbocycles. The van der Waals surface area contributed by atoms with E-state index in [0.717, 1.165) is 39.0 Å². The number of hydrogen-bond acceptors (Lipinski definition) is 2. The van der Waals surface area contributed by atoms with Crippen LogP contribution in [0.25, 0.3) is 0 Å². The maximum absolute atomic E-state index is 11.5. The van der Waals surface area contributed by atoms with Gasteiger partial charge in [-0.15, -0.1) is 0 Å². The zero-order chi connectivity index (χ0) is 13.0. The molecule has 1 atom stereocenters. The Bertz CT molecular complexity index is 399. The van der Waals surface area contributed by atoms with E-state index in [2.05, 4.69) is 42.2 Å². The molecule has 18 heavy (non-hydrogen) atoms. The Hall–Kier alpha value is -1.29. The third-order valence-corrected chi connectivity index (χ3v) is 3.50. The molecule has 1 unspecified atom stereocenters. The van der Waals surface area contributed by atoms with Gasteiger partial charge in [-0.3, -0.25) is 4.79 Å². The van der Waals surface area contributed by atoms with E-state index in [-0.39, 0.29) is 0 Å². The normalized spacial score (nSPS) is 17.4. The van der Waals surface area contributed by atoms with Gasteiger partial charge in [0, 0.05) is 51.0 Å². The van der Waals surface area contributed by atoms with Crippen molar-refractivity contribution in [3.63, 3.8) is 0 Å². The van der Waals surface area contributed by atoms with Gasteiger partial charge < -0.3 is 14.8 Å². The Morgan fingerprint density at radius 2 is 2.33 bits per heavy atom. The van der Waals surface area contributed by atoms with Gasteiger partial charge in [0.15, 0.2) is 0 Å². The molecule has 1 aliphatic rings. The molecule has 2 heterocycles. The molecule has 0 aliphatic carbocycles. The molecule has 1 saturated heterocycles. The van der Waals surface area contributed by atoms with Gasteiger partial charge >= 0.3 is 0 Å². The quantitative estimate of drug-likeness (QED) is 0.831. The summed E-state index contributed by atoms with van der Waals surface area (Å²) in [4.78, 5) is 13.5. The standard InChI is InChI=1S/C14H23N3O/c1-3-16-8-6-13(11-16)9-15-12(2)10-17-7-4-5-14(17)18/h6,8,11-12,15H,3-5,7,9-10H2,1-2H3. The molecule has 0 spiro atoms. The molecule has 0 saturated carbocycles. The smallest absolute Gasteiger partial charge is 0.222 e. The maximum Gasteiger partial charge on any atom is 0.222 e. The van der Waals surface area contributed by atoms with Crippen molar-refractivity contribution in [1.29, 1.82) is 0 Å². The van der Waals surface area contributed by atoms with Crippen molar-refractivity contribution in [2.45, 2.75) is 45.8 Å². The first-order valence-corrected chi connectivity index (χ1v) is 6.85. The third-order valence-electron chi connectivity index (χ3n) is 3.50. The highest BCUT2D eigenvalue weighted by atomic mass is 16.2. The van der Waals surface area contributed by atoms with Gasteiger partial charge in [0.25, 0.3) is 0 Å². The molecule has 1 aromatic heterocycles. The third kappa shape index (κ3) is 3.35. The molecule has 0 radical (unpaired) electrons. The molecule has 1 amide bonds. The lowest BCUT2D eigenvalue weighted by Gasteiger charge is -2.21. The molecule has 1 fully saturated rings. The largest absolute Gasteiger partial charge is 0.354 e. The second-order valence-electron chi connectivity index (χ2n) is 5.08. The first kappa shape index (κ1) is 13.1. The van der Waals surface area contributed by atoms with E-state index >= 15 is 0 Å². The summed E-state index contributed by atoms with van der Waals surface area (Å²) in [7, 11) is 0. The Morgan fingerprint density at radius 1 is 1.50 bits per heavy atom. The molecule has 1 N–H and O–H groups in total. The number of aryl methyl sites for hydroxylation is 1. The van der Waals surface area contributed by atoms with Gasteiger partial charge in [-0.05, 0) is 31.9 Å². The lowest BCUT2D eigenvalue weighted by molar-refractivity contribution is -0.127. The number of nitrogens with one attached hydrogen (secondary N) is 1. The zero-order valence-electron chi connectivity index (χ0n) is 11.4. The summed E-state index contributed by atoms with van der Waals surface area (Å²) in [5.74, 6) is 0.306. The topological polar surface area (TPSA) is 37.3 Å². The van der Waals surface area contributed by atoms with Crippen molar-refractivity contribution in [3.05, 3.63) is 24.0 Å². The minimum absolute atomic E-state index is 0.306. The summed E-state index contributed by atoms with van der Waals surface area (Å²) >= 11 is 0. The number of hydrogen-bond donors (Lipinski definition) is 1. The van der Waals surface area contributed by atoms with Crippen molar-refractivity contribution in [2.75, 3.05) is 13.1 Å². The highest BCUT2D eigenvalue weighted by molar-refractivity contribution is 5.78. The predicted octanol–water partition coefficient (Wildman–Crippen LogP) is 1.61. The zero-order valence-corrected chi connectivity index (χ0v) is 11.4. The molecule has 1 aliphatic heterocycles. The van der Waals surface area contributed by atoms with Crippen LogP contribution in [0.2, 0.25) is 0 Å². The Kier molecular flexibility index (Phi) is 4.42. The SMILES string of the molecule is CCn1ccc(CNC(C)CN2CCCC2=O)c1. The van der Waals surface area contributed by atoms with Crippen LogP contribution >= 0.6 is 0 Å². The predicted molar refractivity (Wildman–Crippen MR) is 72.2 cm³/mol. The molecular weight excluding hydrogens is 226 g/mol. The van der Waals surface area contributed by atoms with Crippen molar-refractivity contribution in [3.8, 4) is 0 Å². The van der Waals surface area contributed by atoms with Crippen LogP contribution in [0, 0.1) is 0 Å². The lowest BCUT2D eigenvalue weighted by atomic mass is 10.2. The molecular formula is C14H23N3O. The van der Waals surface area contributed by atoms with Crippen LogP contribution in [-0.4, -0.2) is 34.5 Å². The number of carbonyl (C=O) groups excluding carboxylic acids is 1. The highest BCUT2D eigenvalue weighted by Gasteiger charge is 2.21. The highest BCUT2D eigenvalue weighted by Crippen LogP contribution is 2.10. The fraction of sp³-hybridized carbons (Fsp3) is 0.643. The first-order valence-electron chi connectivity index (χ1n) is 6.85. The number of carbonyl (C=O) groups is 1. The average molecular weight is 249 g/mol. The average Bonchev–Trinajstić information content (AvgIpc) is 2.97. The van der Waals surface area contributed by atoms with Gasteiger partial charge in [0.2, 0.25) is 5.91 Å². The molecule has 0 bridgehead atoms. The fourth-order valence-electron chi connectivity index (χ4n) is 2.38. The molecule has 100 valence electrons. The van der Waals surface area contributed by atoms with E-state index in [1.807, 2.05) is 4.90 Å². The summed E-state index contributed by atoms with van der Waals surface area (Å²) in [5, 5.41) is 3.48. The summed E-state index contributed by atoms with van der Waals surface area (Å²) in [5.41, 5.74) is 1.30. The van der Waals surface area contributed by atoms with E-state index in [0.29, 0.717) is 11.9 Å². The Balaban J connectivity index is 1.74. The lowest BCUT2D eigenvalue weighted by Crippen LogP contribution is -2.39. The minimum Gasteiger partial charge on any atom is -0.354 e. The number of nitrogens with zero attached hydrogens (tertiary/aromatic N) is 2. The van der Waals surface area contributed by atoms with E-state index in [4.69, 9.17) is 0 Å². The first-order chi connectivity index (χ1) is 8.69. The van der Waals surface area contributed by atoms with Crippen LogP contribution in [0.3, 0.4) is 0 Å². The summed E-state index contributed by atoms with van der Waals surface area (Å²) in [6.45, 7) is 7.92. The second-order valence-corrected chi connectivity index (χ2v) is 5.08. The van der Waals surface area contributed by atoms with Gasteiger partial charge in [-0.25, -0.2) is 0 Å². The molecule has 2 rings (SSSR count). The van der Waals surface area contributed by atoms with Crippen LogP contribution in [0.15, 0.2) is 18.5 Å². The van der Waals surface area contributed by atoms with Crippen LogP contribution in [0.4, 0.5) is 0 Å². The van der Waals surface area contributed by atoms with Crippen LogP contribution in [-0.2, 0) is 17.9 Å². The Labute approximate surface area is 109 Å². The maximum atomic E-state index is 11.5. The van der Waals surface area contributed by atoms with Crippen molar-refractivity contribution in [2.24, 2.45) is 0 Å². The van der Waals surface area contributed by atoms with E-state index in [1.165, 1.54) is 5.56 Å². The summed E-state index contributed by atoms with van der Waals surface area (Å²) in [6.07, 6.45) is 6.02. The van der Waals surface area contributed by atoms with Gasteiger partial charge in [0.05, 0.1) is 0 Å².